The van der Waals surface area contributed by atoms with Crippen molar-refractivity contribution in [3.8, 4) is 5.75 Å². The highest BCUT2D eigenvalue weighted by Crippen LogP contribution is 2.23. The predicted octanol–water partition coefficient (Wildman–Crippen LogP) is 3.74. The van der Waals surface area contributed by atoms with E-state index in [0.717, 1.165) is 10.8 Å². The highest BCUT2D eigenvalue weighted by molar-refractivity contribution is 5.91. The zero-order valence-corrected chi connectivity index (χ0v) is 18.0. The number of non-ortho nitro benzene ring substituents is 1. The van der Waals surface area contributed by atoms with Gasteiger partial charge in [-0.15, -0.1) is 0 Å². The fraction of sp³-hybridized carbons (Fsp3) is 0.160. The van der Waals surface area contributed by atoms with Crippen molar-refractivity contribution in [2.75, 3.05) is 6.61 Å². The zero-order chi connectivity index (χ0) is 24.1. The Morgan fingerprint density at radius 3 is 2.47 bits per heavy atom. The van der Waals surface area contributed by atoms with Gasteiger partial charge in [0, 0.05) is 12.1 Å². The molecule has 9 nitrogen and oxygen atoms in total. The molecule has 2 atom stereocenters. The Morgan fingerprint density at radius 1 is 1.03 bits per heavy atom. The maximum absolute atomic E-state index is 12.6. The number of nitrogens with zero attached hydrogens (tertiary/aromatic N) is 1. The third kappa shape index (κ3) is 5.22. The Hall–Kier alpha value is -4.21. The van der Waals surface area contributed by atoms with Crippen LogP contribution in [-0.4, -0.2) is 33.7 Å². The van der Waals surface area contributed by atoms with E-state index in [-0.39, 0.29) is 18.1 Å². The van der Waals surface area contributed by atoms with Gasteiger partial charge in [-0.1, -0.05) is 30.3 Å². The first-order valence-corrected chi connectivity index (χ1v) is 10.5. The van der Waals surface area contributed by atoms with Crippen molar-refractivity contribution in [2.24, 2.45) is 0 Å². The number of amides is 1. The van der Waals surface area contributed by atoms with Crippen LogP contribution in [0.1, 0.15) is 28.0 Å². The predicted molar refractivity (Wildman–Crippen MR) is 123 cm³/mol. The van der Waals surface area contributed by atoms with Gasteiger partial charge in [0.25, 0.3) is 11.6 Å². The molecule has 0 saturated heterocycles. The molecule has 0 fully saturated rings. The van der Waals surface area contributed by atoms with E-state index in [0.29, 0.717) is 17.1 Å². The topological polar surface area (TPSA) is 135 Å². The van der Waals surface area contributed by atoms with Crippen LogP contribution >= 0.6 is 0 Å². The van der Waals surface area contributed by atoms with Gasteiger partial charge >= 0.3 is 0 Å². The molecule has 2 unspecified atom stereocenters. The van der Waals surface area contributed by atoms with Gasteiger partial charge in [0.05, 0.1) is 17.6 Å². The molecular formula is C25H22N2O7. The van der Waals surface area contributed by atoms with Crippen molar-refractivity contribution in [3.05, 3.63) is 106 Å². The molecule has 0 spiro atoms. The zero-order valence-electron chi connectivity index (χ0n) is 18.0. The lowest BCUT2D eigenvalue weighted by atomic mass is 10.0. The summed E-state index contributed by atoms with van der Waals surface area (Å²) in [5.74, 6) is 0.450. The van der Waals surface area contributed by atoms with Gasteiger partial charge in [0.1, 0.15) is 24.2 Å². The standard InChI is InChI=1S/C25H22N2O7/c28-14-22(24(29)17-5-8-19(9-6-17)27(31)32)26-25(30)23-12-11-21(34-23)15-33-20-10-7-16-3-1-2-4-18(16)13-20/h1-13,22,24,28-29H,14-15H2,(H,26,30). The number of aliphatic hydroxyl groups excluding tert-OH is 2. The van der Waals surface area contributed by atoms with E-state index >= 15 is 0 Å². The summed E-state index contributed by atoms with van der Waals surface area (Å²) in [6, 6.07) is 20.9. The van der Waals surface area contributed by atoms with Crippen LogP contribution in [-0.2, 0) is 6.61 Å². The molecule has 0 aliphatic rings. The number of hydrogen-bond acceptors (Lipinski definition) is 7. The Bertz CT molecular complexity index is 1300. The van der Waals surface area contributed by atoms with Gasteiger partial charge in [0.15, 0.2) is 5.76 Å². The first-order chi connectivity index (χ1) is 16.4. The molecule has 9 heteroatoms. The fourth-order valence-corrected chi connectivity index (χ4v) is 3.48. The summed E-state index contributed by atoms with van der Waals surface area (Å²) in [7, 11) is 0. The van der Waals surface area contributed by atoms with E-state index in [9.17, 15) is 25.1 Å². The normalized spacial score (nSPS) is 12.8. The van der Waals surface area contributed by atoms with E-state index in [2.05, 4.69) is 5.32 Å². The van der Waals surface area contributed by atoms with Gasteiger partial charge in [-0.25, -0.2) is 0 Å². The Balaban J connectivity index is 1.37. The monoisotopic (exact) mass is 462 g/mol. The average Bonchev–Trinajstić information content (AvgIpc) is 3.34. The summed E-state index contributed by atoms with van der Waals surface area (Å²) in [6.45, 7) is -0.441. The molecule has 174 valence electrons. The van der Waals surface area contributed by atoms with E-state index in [4.69, 9.17) is 9.15 Å². The number of aliphatic hydroxyl groups is 2. The van der Waals surface area contributed by atoms with Crippen molar-refractivity contribution >= 4 is 22.4 Å². The van der Waals surface area contributed by atoms with Crippen LogP contribution in [0.25, 0.3) is 10.8 Å². The number of rotatable bonds is 9. The number of nitro groups is 1. The quantitative estimate of drug-likeness (QED) is 0.255. The van der Waals surface area contributed by atoms with Crippen LogP contribution in [0.2, 0.25) is 0 Å². The SMILES string of the molecule is O=C(NC(CO)C(O)c1ccc([N+](=O)[O-])cc1)c1ccc(COc2ccc3ccccc3c2)o1. The van der Waals surface area contributed by atoms with Crippen LogP contribution in [0.15, 0.2) is 83.3 Å². The lowest BCUT2D eigenvalue weighted by molar-refractivity contribution is -0.384. The lowest BCUT2D eigenvalue weighted by Crippen LogP contribution is -2.41. The molecule has 1 heterocycles. The number of fused-ring (bicyclic) bond motifs is 1. The van der Waals surface area contributed by atoms with E-state index in [1.165, 1.54) is 30.3 Å². The van der Waals surface area contributed by atoms with Crippen molar-refractivity contribution in [1.82, 2.24) is 5.32 Å². The summed E-state index contributed by atoms with van der Waals surface area (Å²) >= 11 is 0. The van der Waals surface area contributed by atoms with Crippen LogP contribution in [0.4, 0.5) is 5.69 Å². The molecule has 3 N–H and O–H groups in total. The maximum atomic E-state index is 12.6. The third-order valence-electron chi connectivity index (χ3n) is 5.33. The molecule has 34 heavy (non-hydrogen) atoms. The first-order valence-electron chi connectivity index (χ1n) is 10.5. The van der Waals surface area contributed by atoms with Gasteiger partial charge in [-0.3, -0.25) is 14.9 Å². The second kappa shape index (κ2) is 10.2. The third-order valence-corrected chi connectivity index (χ3v) is 5.33. The number of nitrogens with one attached hydrogen (secondary N) is 1. The molecule has 4 aromatic rings. The minimum absolute atomic E-state index is 0.00791. The average molecular weight is 462 g/mol. The molecule has 3 aromatic carbocycles. The Labute approximate surface area is 194 Å². The molecule has 0 aliphatic heterocycles. The number of ether oxygens (including phenoxy) is 1. The molecule has 4 rings (SSSR count). The van der Waals surface area contributed by atoms with Gasteiger partial charge < -0.3 is 24.7 Å². The molecule has 0 bridgehead atoms. The molecule has 0 saturated carbocycles. The van der Waals surface area contributed by atoms with Gasteiger partial charge in [-0.2, -0.15) is 0 Å². The Kier molecular flexibility index (Phi) is 6.86. The molecule has 1 amide bonds. The van der Waals surface area contributed by atoms with Crippen molar-refractivity contribution in [3.63, 3.8) is 0 Å². The second-order valence-electron chi connectivity index (χ2n) is 7.62. The summed E-state index contributed by atoms with van der Waals surface area (Å²) in [4.78, 5) is 22.8. The van der Waals surface area contributed by atoms with E-state index in [1.807, 2.05) is 42.5 Å². The van der Waals surface area contributed by atoms with Crippen LogP contribution in [0.5, 0.6) is 5.75 Å². The molecule has 0 aliphatic carbocycles. The minimum Gasteiger partial charge on any atom is -0.486 e. The summed E-state index contributed by atoms with van der Waals surface area (Å²) in [5.41, 5.74) is 0.184. The van der Waals surface area contributed by atoms with E-state index in [1.54, 1.807) is 6.07 Å². The number of furan rings is 1. The van der Waals surface area contributed by atoms with Crippen LogP contribution in [0.3, 0.4) is 0 Å². The number of carbonyl (C=O) groups is 1. The van der Waals surface area contributed by atoms with Crippen molar-refractivity contribution in [1.29, 1.82) is 0 Å². The maximum Gasteiger partial charge on any atom is 0.287 e. The number of hydrogen-bond donors (Lipinski definition) is 3. The minimum atomic E-state index is -1.28. The van der Waals surface area contributed by atoms with Gasteiger partial charge in [-0.05, 0) is 52.7 Å². The summed E-state index contributed by atoms with van der Waals surface area (Å²) < 4.78 is 11.3. The van der Waals surface area contributed by atoms with Crippen LogP contribution in [0, 0.1) is 10.1 Å². The van der Waals surface area contributed by atoms with Gasteiger partial charge in [0.2, 0.25) is 0 Å². The smallest absolute Gasteiger partial charge is 0.287 e. The van der Waals surface area contributed by atoms with Crippen LogP contribution < -0.4 is 10.1 Å². The first kappa shape index (κ1) is 23.0. The van der Waals surface area contributed by atoms with E-state index < -0.39 is 29.6 Å². The lowest BCUT2D eigenvalue weighted by Gasteiger charge is -2.22. The number of benzene rings is 3. The van der Waals surface area contributed by atoms with Crippen molar-refractivity contribution < 1.29 is 29.1 Å². The second-order valence-corrected chi connectivity index (χ2v) is 7.62. The fourth-order valence-electron chi connectivity index (χ4n) is 3.48. The number of nitro benzene ring substituents is 1. The largest absolute Gasteiger partial charge is 0.486 e. The molecular weight excluding hydrogens is 440 g/mol. The number of carbonyl (C=O) groups excluding carboxylic acids is 1. The summed E-state index contributed by atoms with van der Waals surface area (Å²) in [6.07, 6.45) is -1.28. The molecule has 0 radical (unpaired) electrons. The van der Waals surface area contributed by atoms with Crippen molar-refractivity contribution in [2.45, 2.75) is 18.8 Å². The summed E-state index contributed by atoms with van der Waals surface area (Å²) in [5, 5.41) is 35.6. The molecule has 1 aromatic heterocycles. The highest BCUT2D eigenvalue weighted by Gasteiger charge is 2.24. The highest BCUT2D eigenvalue weighted by atomic mass is 16.6. The Morgan fingerprint density at radius 2 is 1.76 bits per heavy atom.